The van der Waals surface area contributed by atoms with Crippen molar-refractivity contribution < 1.29 is 19.2 Å². The maximum atomic E-state index is 14.6. The van der Waals surface area contributed by atoms with Crippen molar-refractivity contribution in [2.24, 2.45) is 17.8 Å². The number of aromatic nitrogens is 2. The zero-order chi connectivity index (χ0) is 28.8. The number of carbonyl (C=O) groups is 2. The summed E-state index contributed by atoms with van der Waals surface area (Å²) in [5.74, 6) is -2.41. The molecule has 11 nitrogen and oxygen atoms in total. The fourth-order valence-electron chi connectivity index (χ4n) is 6.93. The van der Waals surface area contributed by atoms with Gasteiger partial charge >= 0.3 is 0 Å². The summed E-state index contributed by atoms with van der Waals surface area (Å²) in [5.41, 5.74) is -0.0806. The van der Waals surface area contributed by atoms with E-state index in [4.69, 9.17) is 9.72 Å². The Kier molecular flexibility index (Phi) is 5.23. The molecule has 3 aliphatic rings. The van der Waals surface area contributed by atoms with Gasteiger partial charge in [0.2, 0.25) is 11.8 Å². The average Bonchev–Trinajstić information content (AvgIpc) is 3.56. The molecular weight excluding hydrogens is 526 g/mol. The summed E-state index contributed by atoms with van der Waals surface area (Å²) in [6.07, 6.45) is 0. The number of fused-ring (bicyclic) bond motifs is 8. The van der Waals surface area contributed by atoms with Crippen LogP contribution in [0, 0.1) is 27.9 Å². The first-order chi connectivity index (χ1) is 19.7. The van der Waals surface area contributed by atoms with Crippen LogP contribution in [0.5, 0.6) is 5.75 Å². The van der Waals surface area contributed by atoms with Gasteiger partial charge in [-0.3, -0.25) is 34.4 Å². The van der Waals surface area contributed by atoms with Crippen molar-refractivity contribution in [1.29, 1.82) is 0 Å². The lowest BCUT2D eigenvalue weighted by Crippen LogP contribution is -2.51. The van der Waals surface area contributed by atoms with Crippen molar-refractivity contribution >= 4 is 34.1 Å². The average molecular weight is 552 g/mol. The molecule has 7 rings (SSSR count). The smallest absolute Gasteiger partial charge is 0.271 e. The van der Waals surface area contributed by atoms with Gasteiger partial charge in [0.05, 0.1) is 40.5 Å². The highest BCUT2D eigenvalue weighted by atomic mass is 16.6. The van der Waals surface area contributed by atoms with Crippen molar-refractivity contribution in [3.8, 4) is 11.4 Å². The van der Waals surface area contributed by atoms with Crippen LogP contribution in [0.2, 0.25) is 0 Å². The topological polar surface area (TPSA) is 137 Å². The second-order valence-electron chi connectivity index (χ2n) is 11.0. The van der Waals surface area contributed by atoms with Gasteiger partial charge in [0.15, 0.2) is 0 Å². The molecule has 0 saturated carbocycles. The van der Waals surface area contributed by atoms with Crippen LogP contribution in [0.25, 0.3) is 16.6 Å². The quantitative estimate of drug-likeness (QED) is 0.232. The third kappa shape index (κ3) is 3.12. The van der Waals surface area contributed by atoms with Gasteiger partial charge < -0.3 is 4.74 Å². The maximum absolute atomic E-state index is 14.6. The molecule has 4 aromatic rings. The highest BCUT2D eigenvalue weighted by Crippen LogP contribution is 2.57. The molecule has 3 aliphatic heterocycles. The third-order valence-corrected chi connectivity index (χ3v) is 8.63. The largest absolute Gasteiger partial charge is 0.495 e. The first kappa shape index (κ1) is 25.1. The molecule has 0 bridgehead atoms. The van der Waals surface area contributed by atoms with Crippen LogP contribution in [0.3, 0.4) is 0 Å². The van der Waals surface area contributed by atoms with Gasteiger partial charge in [-0.25, -0.2) is 9.88 Å². The first-order valence-corrected chi connectivity index (χ1v) is 13.3. The van der Waals surface area contributed by atoms with Crippen molar-refractivity contribution in [3.05, 3.63) is 98.6 Å². The van der Waals surface area contributed by atoms with E-state index in [2.05, 4.69) is 5.32 Å². The Hall–Kier alpha value is -4.90. The molecule has 4 unspecified atom stereocenters. The lowest BCUT2D eigenvalue weighted by Gasteiger charge is -2.32. The minimum atomic E-state index is -1.30. The second-order valence-corrected chi connectivity index (χ2v) is 11.0. The normalized spacial score (nSPS) is 24.3. The molecular formula is C30H25N5O6. The van der Waals surface area contributed by atoms with E-state index in [0.717, 1.165) is 4.90 Å². The first-order valence-electron chi connectivity index (χ1n) is 13.3. The van der Waals surface area contributed by atoms with E-state index in [1.807, 2.05) is 38.1 Å². The molecule has 11 heteroatoms. The van der Waals surface area contributed by atoms with Crippen LogP contribution in [0.1, 0.15) is 25.2 Å². The molecule has 3 aromatic carbocycles. The minimum absolute atomic E-state index is 0.0129. The van der Waals surface area contributed by atoms with Gasteiger partial charge in [-0.2, -0.15) is 0 Å². The molecule has 2 saturated heterocycles. The van der Waals surface area contributed by atoms with Crippen LogP contribution in [0.4, 0.5) is 11.4 Å². The highest BCUT2D eigenvalue weighted by Gasteiger charge is 2.70. The summed E-state index contributed by atoms with van der Waals surface area (Å²) < 4.78 is 6.98. The Morgan fingerprint density at radius 2 is 1.73 bits per heavy atom. The summed E-state index contributed by atoms with van der Waals surface area (Å²) in [4.78, 5) is 59.7. The lowest BCUT2D eigenvalue weighted by molar-refractivity contribution is -0.384. The van der Waals surface area contributed by atoms with Crippen LogP contribution in [0.15, 0.2) is 71.5 Å². The molecule has 0 radical (unpaired) electrons. The number of nitrogens with zero attached hydrogens (tertiary/aromatic N) is 4. The van der Waals surface area contributed by atoms with Gasteiger partial charge in [-0.05, 0) is 30.2 Å². The van der Waals surface area contributed by atoms with Crippen molar-refractivity contribution in [3.63, 3.8) is 0 Å². The second kappa shape index (κ2) is 8.55. The van der Waals surface area contributed by atoms with Crippen molar-refractivity contribution in [2.45, 2.75) is 25.4 Å². The Bertz CT molecular complexity index is 1880. The standard InChI is InChI=1S/C30H25N5O6/c1-15(2)25-23-24(28(38)33(27(23)37)21-14-16(35(39)40)12-13-22(21)41-3)30(32-25)18-9-5-7-11-20(18)34-26(36)17-8-4-6-10-19(17)31-29(30)34/h4-15,23-25,32H,1-3H3. The van der Waals surface area contributed by atoms with Crippen LogP contribution in [-0.4, -0.2) is 39.4 Å². The van der Waals surface area contributed by atoms with Gasteiger partial charge in [0, 0.05) is 23.7 Å². The molecule has 41 heavy (non-hydrogen) atoms. The number of non-ortho nitro benzene ring substituents is 1. The number of methoxy groups -OCH3 is 1. The number of para-hydroxylation sites is 2. The van der Waals surface area contributed by atoms with E-state index >= 15 is 0 Å². The Labute approximate surface area is 233 Å². The van der Waals surface area contributed by atoms with Crippen molar-refractivity contribution in [2.75, 3.05) is 12.0 Å². The van der Waals surface area contributed by atoms with E-state index in [-0.39, 0.29) is 28.6 Å². The minimum Gasteiger partial charge on any atom is -0.495 e. The van der Waals surface area contributed by atoms with E-state index in [1.165, 1.54) is 25.3 Å². The van der Waals surface area contributed by atoms with E-state index in [1.54, 1.807) is 28.8 Å². The fraction of sp³-hybridized carbons (Fsp3) is 0.267. The molecule has 4 heterocycles. The molecule has 2 amide bonds. The molecule has 0 aliphatic carbocycles. The number of nitro benzene ring substituents is 1. The lowest BCUT2D eigenvalue weighted by atomic mass is 9.75. The summed E-state index contributed by atoms with van der Waals surface area (Å²) in [6, 6.07) is 17.7. The molecule has 4 atom stereocenters. The number of nitrogens with one attached hydrogen (secondary N) is 1. The van der Waals surface area contributed by atoms with E-state index in [0.29, 0.717) is 28.0 Å². The number of hydrogen-bond donors (Lipinski definition) is 1. The number of carbonyl (C=O) groups excluding carboxylic acids is 2. The maximum Gasteiger partial charge on any atom is 0.271 e. The molecule has 1 aromatic heterocycles. The Morgan fingerprint density at radius 1 is 1.00 bits per heavy atom. The zero-order valence-corrected chi connectivity index (χ0v) is 22.4. The number of amides is 2. The Balaban J connectivity index is 1.52. The molecule has 206 valence electrons. The van der Waals surface area contributed by atoms with Gasteiger partial charge in [0.1, 0.15) is 22.8 Å². The third-order valence-electron chi connectivity index (χ3n) is 8.63. The number of nitro groups is 1. The number of rotatable bonds is 4. The zero-order valence-electron chi connectivity index (χ0n) is 22.4. The number of anilines is 1. The summed E-state index contributed by atoms with van der Waals surface area (Å²) >= 11 is 0. The van der Waals surface area contributed by atoms with Crippen LogP contribution in [-0.2, 0) is 15.1 Å². The SMILES string of the molecule is COc1ccc([N+](=O)[O-])cc1N1C(=O)C2C(C(C)C)NC3(c4ccccc4-n4c3nc3ccccc3c4=O)C2C1=O. The van der Waals surface area contributed by atoms with E-state index < -0.39 is 40.2 Å². The monoisotopic (exact) mass is 551 g/mol. The number of benzene rings is 3. The van der Waals surface area contributed by atoms with Crippen molar-refractivity contribution in [1.82, 2.24) is 14.9 Å². The summed E-state index contributed by atoms with van der Waals surface area (Å²) in [6.45, 7) is 3.92. The van der Waals surface area contributed by atoms with E-state index in [9.17, 15) is 24.5 Å². The summed E-state index contributed by atoms with van der Waals surface area (Å²) in [7, 11) is 1.38. The molecule has 1 spiro atoms. The van der Waals surface area contributed by atoms with Crippen LogP contribution < -0.4 is 20.5 Å². The summed E-state index contributed by atoms with van der Waals surface area (Å²) in [5, 5.41) is 15.7. The molecule has 2 fully saturated rings. The van der Waals surface area contributed by atoms with Gasteiger partial charge in [-0.1, -0.05) is 44.2 Å². The predicted molar refractivity (Wildman–Crippen MR) is 149 cm³/mol. The Morgan fingerprint density at radius 3 is 2.46 bits per heavy atom. The van der Waals surface area contributed by atoms with Crippen LogP contribution >= 0.6 is 0 Å². The van der Waals surface area contributed by atoms with Gasteiger partial charge in [-0.15, -0.1) is 0 Å². The fourth-order valence-corrected chi connectivity index (χ4v) is 6.93. The molecule has 1 N–H and O–H groups in total. The highest BCUT2D eigenvalue weighted by molar-refractivity contribution is 6.24. The number of imide groups is 1. The number of hydrogen-bond acceptors (Lipinski definition) is 8. The van der Waals surface area contributed by atoms with Gasteiger partial charge in [0.25, 0.3) is 11.2 Å². The predicted octanol–water partition coefficient (Wildman–Crippen LogP) is 3.29. The number of ether oxygens (including phenoxy) is 1.